The molecule has 1 aliphatic heterocycles. The van der Waals surface area contributed by atoms with Gasteiger partial charge in [-0.15, -0.1) is 0 Å². The molecule has 1 fully saturated rings. The van der Waals surface area contributed by atoms with Crippen LogP contribution in [0.15, 0.2) is 30.3 Å². The largest absolute Gasteiger partial charge is 0.354 e. The minimum atomic E-state index is -0.508. The van der Waals surface area contributed by atoms with Gasteiger partial charge >= 0.3 is 0 Å². The van der Waals surface area contributed by atoms with Crippen molar-refractivity contribution in [3.05, 3.63) is 35.9 Å². The van der Waals surface area contributed by atoms with Crippen molar-refractivity contribution in [3.63, 3.8) is 0 Å². The molecule has 0 spiro atoms. The number of hydrogen-bond acceptors (Lipinski definition) is 4. The molecule has 144 valence electrons. The number of piperazine rings is 1. The lowest BCUT2D eigenvalue weighted by Gasteiger charge is -2.27. The van der Waals surface area contributed by atoms with Gasteiger partial charge in [0.1, 0.15) is 6.04 Å². The monoisotopic (exact) mass is 360 g/mol. The van der Waals surface area contributed by atoms with Crippen molar-refractivity contribution in [2.24, 2.45) is 5.92 Å². The van der Waals surface area contributed by atoms with Crippen molar-refractivity contribution >= 4 is 11.8 Å². The van der Waals surface area contributed by atoms with E-state index >= 15 is 0 Å². The van der Waals surface area contributed by atoms with Gasteiger partial charge in [-0.1, -0.05) is 38.5 Å². The summed E-state index contributed by atoms with van der Waals surface area (Å²) < 4.78 is 0. The molecule has 6 nitrogen and oxygen atoms in total. The third-order valence-electron chi connectivity index (χ3n) is 4.98. The third kappa shape index (κ3) is 6.42. The van der Waals surface area contributed by atoms with Gasteiger partial charge in [0.25, 0.3) is 5.91 Å². The SMILES string of the molecule is CCC(C)C(NC(=O)c1ccccc1)C(=O)NCCCN1CCNCC1. The molecule has 1 aromatic carbocycles. The number of benzene rings is 1. The van der Waals surface area contributed by atoms with E-state index in [0.29, 0.717) is 12.1 Å². The van der Waals surface area contributed by atoms with E-state index in [4.69, 9.17) is 0 Å². The Morgan fingerprint density at radius 3 is 2.54 bits per heavy atom. The molecule has 3 N–H and O–H groups in total. The maximum Gasteiger partial charge on any atom is 0.251 e. The van der Waals surface area contributed by atoms with E-state index in [1.165, 1.54) is 0 Å². The summed E-state index contributed by atoms with van der Waals surface area (Å²) in [5.74, 6) is -0.216. The molecule has 1 aromatic rings. The lowest BCUT2D eigenvalue weighted by atomic mass is 9.97. The van der Waals surface area contributed by atoms with Crippen LogP contribution in [0.3, 0.4) is 0 Å². The molecule has 0 bridgehead atoms. The molecule has 1 saturated heterocycles. The van der Waals surface area contributed by atoms with Crippen molar-refractivity contribution in [3.8, 4) is 0 Å². The van der Waals surface area contributed by atoms with Gasteiger partial charge in [-0.3, -0.25) is 9.59 Å². The predicted octanol–water partition coefficient (Wildman–Crippen LogP) is 1.24. The summed E-state index contributed by atoms with van der Waals surface area (Å²) in [6.07, 6.45) is 1.75. The van der Waals surface area contributed by atoms with Gasteiger partial charge in [-0.2, -0.15) is 0 Å². The fraction of sp³-hybridized carbons (Fsp3) is 0.600. The fourth-order valence-corrected chi connectivity index (χ4v) is 3.07. The van der Waals surface area contributed by atoms with Gasteiger partial charge in [0.15, 0.2) is 0 Å². The van der Waals surface area contributed by atoms with Crippen molar-refractivity contribution in [2.75, 3.05) is 39.3 Å². The van der Waals surface area contributed by atoms with Crippen LogP contribution in [0.2, 0.25) is 0 Å². The van der Waals surface area contributed by atoms with Crippen LogP contribution in [0, 0.1) is 5.92 Å². The topological polar surface area (TPSA) is 73.5 Å². The highest BCUT2D eigenvalue weighted by atomic mass is 16.2. The standard InChI is InChI=1S/C20H32N4O2/c1-3-16(2)18(23-19(25)17-8-5-4-6-9-17)20(26)22-10-7-13-24-14-11-21-12-15-24/h4-6,8-9,16,18,21H,3,7,10-15H2,1-2H3,(H,22,26)(H,23,25). The van der Waals surface area contributed by atoms with Crippen LogP contribution in [-0.4, -0.2) is 62.0 Å². The average Bonchev–Trinajstić information content (AvgIpc) is 2.70. The van der Waals surface area contributed by atoms with Gasteiger partial charge in [0.05, 0.1) is 0 Å². The maximum absolute atomic E-state index is 12.6. The number of carbonyl (C=O) groups excluding carboxylic acids is 2. The minimum Gasteiger partial charge on any atom is -0.354 e. The second-order valence-electron chi connectivity index (χ2n) is 6.94. The average molecular weight is 361 g/mol. The molecule has 2 amide bonds. The van der Waals surface area contributed by atoms with Crippen LogP contribution < -0.4 is 16.0 Å². The molecule has 6 heteroatoms. The Morgan fingerprint density at radius 2 is 1.88 bits per heavy atom. The Balaban J connectivity index is 1.81. The van der Waals surface area contributed by atoms with Gasteiger partial charge < -0.3 is 20.9 Å². The van der Waals surface area contributed by atoms with E-state index in [-0.39, 0.29) is 17.7 Å². The first-order valence-electron chi connectivity index (χ1n) is 9.68. The Labute approximate surface area is 156 Å². The number of nitrogens with one attached hydrogen (secondary N) is 3. The first-order valence-corrected chi connectivity index (χ1v) is 9.68. The highest BCUT2D eigenvalue weighted by molar-refractivity contribution is 5.97. The summed E-state index contributed by atoms with van der Waals surface area (Å²) in [4.78, 5) is 27.4. The van der Waals surface area contributed by atoms with E-state index in [9.17, 15) is 9.59 Å². The number of rotatable bonds is 9. The van der Waals surface area contributed by atoms with Crippen molar-refractivity contribution < 1.29 is 9.59 Å². The number of carbonyl (C=O) groups is 2. The number of hydrogen-bond donors (Lipinski definition) is 3. The molecule has 0 aliphatic carbocycles. The van der Waals surface area contributed by atoms with Crippen LogP contribution in [0.1, 0.15) is 37.0 Å². The van der Waals surface area contributed by atoms with Crippen LogP contribution in [-0.2, 0) is 4.79 Å². The zero-order valence-corrected chi connectivity index (χ0v) is 16.0. The van der Waals surface area contributed by atoms with Gasteiger partial charge in [-0.05, 0) is 31.0 Å². The smallest absolute Gasteiger partial charge is 0.251 e. The molecule has 2 unspecified atom stereocenters. The molecule has 0 saturated carbocycles. The molecular formula is C20H32N4O2. The van der Waals surface area contributed by atoms with E-state index in [1.807, 2.05) is 32.0 Å². The van der Waals surface area contributed by atoms with Crippen LogP contribution in [0.5, 0.6) is 0 Å². The molecule has 2 atom stereocenters. The zero-order valence-electron chi connectivity index (χ0n) is 16.0. The molecule has 0 radical (unpaired) electrons. The van der Waals surface area contributed by atoms with Crippen LogP contribution in [0.25, 0.3) is 0 Å². The summed E-state index contributed by atoms with van der Waals surface area (Å²) in [5.41, 5.74) is 0.576. The summed E-state index contributed by atoms with van der Waals surface area (Å²) in [7, 11) is 0. The summed E-state index contributed by atoms with van der Waals surface area (Å²) in [6.45, 7) is 9.86. The van der Waals surface area contributed by atoms with Crippen LogP contribution >= 0.6 is 0 Å². The zero-order chi connectivity index (χ0) is 18.8. The third-order valence-corrected chi connectivity index (χ3v) is 4.98. The predicted molar refractivity (Wildman–Crippen MR) is 104 cm³/mol. The molecular weight excluding hydrogens is 328 g/mol. The van der Waals surface area contributed by atoms with Gasteiger partial charge in [0.2, 0.25) is 5.91 Å². The quantitative estimate of drug-likeness (QED) is 0.580. The van der Waals surface area contributed by atoms with E-state index in [1.54, 1.807) is 12.1 Å². The molecule has 26 heavy (non-hydrogen) atoms. The Hall–Kier alpha value is -1.92. The summed E-state index contributed by atoms with van der Waals surface area (Å²) in [5, 5.41) is 9.24. The Kier molecular flexibility index (Phi) is 8.58. The highest BCUT2D eigenvalue weighted by Crippen LogP contribution is 2.10. The van der Waals surface area contributed by atoms with E-state index in [2.05, 4.69) is 20.9 Å². The number of amides is 2. The lowest BCUT2D eigenvalue weighted by molar-refractivity contribution is -0.124. The first-order chi connectivity index (χ1) is 12.6. The summed E-state index contributed by atoms with van der Waals surface area (Å²) >= 11 is 0. The molecule has 0 aromatic heterocycles. The van der Waals surface area contributed by atoms with Gasteiger partial charge in [0, 0.05) is 38.3 Å². The van der Waals surface area contributed by atoms with Crippen molar-refractivity contribution in [2.45, 2.75) is 32.7 Å². The van der Waals surface area contributed by atoms with Crippen molar-refractivity contribution in [1.82, 2.24) is 20.9 Å². The fourth-order valence-electron chi connectivity index (χ4n) is 3.07. The Bertz CT molecular complexity index is 558. The Morgan fingerprint density at radius 1 is 1.19 bits per heavy atom. The molecule has 1 aliphatic rings. The normalized spacial score (nSPS) is 17.3. The van der Waals surface area contributed by atoms with Crippen molar-refractivity contribution in [1.29, 1.82) is 0 Å². The lowest BCUT2D eigenvalue weighted by Crippen LogP contribution is -2.50. The first kappa shape index (κ1) is 20.4. The highest BCUT2D eigenvalue weighted by Gasteiger charge is 2.26. The molecule has 1 heterocycles. The minimum absolute atomic E-state index is 0.0795. The van der Waals surface area contributed by atoms with E-state index < -0.39 is 6.04 Å². The van der Waals surface area contributed by atoms with Gasteiger partial charge in [-0.25, -0.2) is 0 Å². The second-order valence-corrected chi connectivity index (χ2v) is 6.94. The number of nitrogens with zero attached hydrogens (tertiary/aromatic N) is 1. The molecule has 2 rings (SSSR count). The van der Waals surface area contributed by atoms with E-state index in [0.717, 1.165) is 45.6 Å². The second kappa shape index (κ2) is 10.9. The summed E-state index contributed by atoms with van der Waals surface area (Å²) in [6, 6.07) is 8.52. The van der Waals surface area contributed by atoms with Crippen LogP contribution in [0.4, 0.5) is 0 Å². The maximum atomic E-state index is 12.6.